The standard InChI is InChI=1S/C14H17ClF2N2O3/c15-14(16,17)22-12-3-1-11(2-4-12)18-13(20)5-6-19-7-9-21-10-8-19/h1-4H,5-10H2,(H,18,20)/p+1. The molecular weight excluding hydrogens is 318 g/mol. The minimum absolute atomic E-state index is 0.0734. The number of benzene rings is 1. The Labute approximate surface area is 132 Å². The van der Waals surface area contributed by atoms with E-state index in [1.54, 1.807) is 0 Å². The number of nitrogens with one attached hydrogen (secondary N) is 2. The van der Waals surface area contributed by atoms with E-state index in [1.807, 2.05) is 0 Å². The van der Waals surface area contributed by atoms with Crippen molar-refractivity contribution in [1.82, 2.24) is 0 Å². The normalized spacial score (nSPS) is 16.3. The molecule has 5 nitrogen and oxygen atoms in total. The number of amides is 1. The fourth-order valence-corrected chi connectivity index (χ4v) is 2.25. The van der Waals surface area contributed by atoms with Crippen LogP contribution >= 0.6 is 11.6 Å². The van der Waals surface area contributed by atoms with Crippen LogP contribution in [-0.4, -0.2) is 44.3 Å². The molecule has 8 heteroatoms. The highest BCUT2D eigenvalue weighted by molar-refractivity contribution is 6.20. The molecule has 0 aliphatic carbocycles. The molecule has 1 aliphatic rings. The third-order valence-electron chi connectivity index (χ3n) is 3.28. The monoisotopic (exact) mass is 335 g/mol. The molecule has 2 rings (SSSR count). The molecule has 0 spiro atoms. The van der Waals surface area contributed by atoms with Crippen LogP contribution < -0.4 is 15.0 Å². The highest BCUT2D eigenvalue weighted by Gasteiger charge is 2.27. The van der Waals surface area contributed by atoms with Crippen molar-refractivity contribution in [2.45, 2.75) is 12.0 Å². The number of carbonyl (C=O) groups is 1. The average molecular weight is 336 g/mol. The zero-order valence-electron chi connectivity index (χ0n) is 11.9. The predicted molar refractivity (Wildman–Crippen MR) is 77.5 cm³/mol. The first kappa shape index (κ1) is 16.9. The van der Waals surface area contributed by atoms with Gasteiger partial charge in [-0.1, -0.05) is 0 Å². The summed E-state index contributed by atoms with van der Waals surface area (Å²) in [6, 6.07) is 5.60. The lowest BCUT2D eigenvalue weighted by atomic mass is 10.3. The molecule has 1 heterocycles. The van der Waals surface area contributed by atoms with Crippen LogP contribution in [0.1, 0.15) is 6.42 Å². The van der Waals surface area contributed by atoms with E-state index < -0.39 is 5.57 Å². The summed E-state index contributed by atoms with van der Waals surface area (Å²) in [6.45, 7) is 4.01. The Hall–Kier alpha value is -1.44. The maximum Gasteiger partial charge on any atom is 0.487 e. The van der Waals surface area contributed by atoms with Crippen LogP contribution in [0.25, 0.3) is 0 Å². The van der Waals surface area contributed by atoms with E-state index in [2.05, 4.69) is 21.7 Å². The topological polar surface area (TPSA) is 52.0 Å². The lowest BCUT2D eigenvalue weighted by Gasteiger charge is -2.23. The molecular formula is C14H18ClF2N2O3+. The second-order valence-electron chi connectivity index (χ2n) is 4.98. The van der Waals surface area contributed by atoms with Gasteiger partial charge in [0.1, 0.15) is 18.8 Å². The number of hydrogen-bond donors (Lipinski definition) is 2. The van der Waals surface area contributed by atoms with Crippen LogP contribution in [-0.2, 0) is 9.53 Å². The van der Waals surface area contributed by atoms with Crippen molar-refractivity contribution in [2.24, 2.45) is 0 Å². The van der Waals surface area contributed by atoms with E-state index in [-0.39, 0.29) is 11.7 Å². The second-order valence-corrected chi connectivity index (χ2v) is 5.42. The Morgan fingerprint density at radius 3 is 2.55 bits per heavy atom. The van der Waals surface area contributed by atoms with Crippen LogP contribution in [0, 0.1) is 0 Å². The maximum atomic E-state index is 12.5. The number of anilines is 1. The largest absolute Gasteiger partial charge is 0.487 e. The van der Waals surface area contributed by atoms with Crippen molar-refractivity contribution in [3.63, 3.8) is 0 Å². The molecule has 1 amide bonds. The quantitative estimate of drug-likeness (QED) is 0.765. The Bertz CT molecular complexity index is 488. The molecule has 22 heavy (non-hydrogen) atoms. The van der Waals surface area contributed by atoms with E-state index in [0.29, 0.717) is 12.1 Å². The second kappa shape index (κ2) is 7.71. The summed E-state index contributed by atoms with van der Waals surface area (Å²) in [7, 11) is 0. The van der Waals surface area contributed by atoms with Crippen molar-refractivity contribution in [1.29, 1.82) is 0 Å². The summed E-state index contributed by atoms with van der Waals surface area (Å²) in [4.78, 5) is 13.2. The van der Waals surface area contributed by atoms with Crippen molar-refractivity contribution in [3.8, 4) is 5.75 Å². The van der Waals surface area contributed by atoms with E-state index in [0.717, 1.165) is 32.8 Å². The Morgan fingerprint density at radius 1 is 1.32 bits per heavy atom. The van der Waals surface area contributed by atoms with Crippen LogP contribution in [0.15, 0.2) is 24.3 Å². The fourth-order valence-electron chi connectivity index (χ4n) is 2.16. The number of quaternary nitrogens is 1. The number of carbonyl (C=O) groups excluding carboxylic acids is 1. The molecule has 0 radical (unpaired) electrons. The lowest BCUT2D eigenvalue weighted by Crippen LogP contribution is -3.14. The van der Waals surface area contributed by atoms with Gasteiger partial charge in [0, 0.05) is 17.3 Å². The Balaban J connectivity index is 1.76. The summed E-state index contributed by atoms with van der Waals surface area (Å²) < 4.78 is 34.4. The van der Waals surface area contributed by atoms with E-state index in [1.165, 1.54) is 29.2 Å². The Morgan fingerprint density at radius 2 is 1.95 bits per heavy atom. The van der Waals surface area contributed by atoms with Crippen LogP contribution in [0.3, 0.4) is 0 Å². The van der Waals surface area contributed by atoms with Gasteiger partial charge in [-0.05, 0) is 24.3 Å². The molecule has 1 aromatic carbocycles. The molecule has 0 bridgehead atoms. The third kappa shape index (κ3) is 6.13. The Kier molecular flexibility index (Phi) is 5.93. The highest BCUT2D eigenvalue weighted by Crippen LogP contribution is 2.25. The summed E-state index contributed by atoms with van der Waals surface area (Å²) in [6.07, 6.45) is 0.396. The zero-order chi connectivity index (χ0) is 16.0. The molecule has 2 N–H and O–H groups in total. The number of halogens is 3. The average Bonchev–Trinajstić information content (AvgIpc) is 2.47. The first-order valence-corrected chi connectivity index (χ1v) is 7.37. The maximum absolute atomic E-state index is 12.5. The first-order chi connectivity index (χ1) is 10.4. The SMILES string of the molecule is O=C(CC[NH+]1CCOCC1)Nc1ccc(OC(F)(F)Cl)cc1. The molecule has 0 unspecified atom stereocenters. The van der Waals surface area contributed by atoms with Crippen LogP contribution in [0.2, 0.25) is 0 Å². The fraction of sp³-hybridized carbons (Fsp3) is 0.500. The zero-order valence-corrected chi connectivity index (χ0v) is 12.7. The molecule has 1 saturated heterocycles. The van der Waals surface area contributed by atoms with Crippen molar-refractivity contribution in [2.75, 3.05) is 38.2 Å². The number of ether oxygens (including phenoxy) is 2. The minimum Gasteiger partial charge on any atom is -0.420 e. The van der Waals surface area contributed by atoms with E-state index in [9.17, 15) is 13.6 Å². The van der Waals surface area contributed by atoms with Gasteiger partial charge in [0.2, 0.25) is 5.91 Å². The van der Waals surface area contributed by atoms with Crippen LogP contribution in [0.4, 0.5) is 14.5 Å². The minimum atomic E-state index is -3.74. The molecule has 1 fully saturated rings. The van der Waals surface area contributed by atoms with Gasteiger partial charge < -0.3 is 19.7 Å². The van der Waals surface area contributed by atoms with Gasteiger partial charge in [-0.25, -0.2) is 0 Å². The summed E-state index contributed by atoms with van der Waals surface area (Å²) in [5, 5.41) is 2.71. The van der Waals surface area contributed by atoms with Gasteiger partial charge in [0.15, 0.2) is 0 Å². The number of alkyl halides is 3. The van der Waals surface area contributed by atoms with Gasteiger partial charge in [0.05, 0.1) is 26.2 Å². The third-order valence-corrected chi connectivity index (χ3v) is 3.35. The van der Waals surface area contributed by atoms with Gasteiger partial charge >= 0.3 is 5.57 Å². The molecule has 0 atom stereocenters. The predicted octanol–water partition coefficient (Wildman–Crippen LogP) is 1.10. The summed E-state index contributed by atoms with van der Waals surface area (Å²) in [5.74, 6) is -0.189. The van der Waals surface area contributed by atoms with Crippen molar-refractivity contribution in [3.05, 3.63) is 24.3 Å². The van der Waals surface area contributed by atoms with Gasteiger partial charge in [0.25, 0.3) is 0 Å². The van der Waals surface area contributed by atoms with Gasteiger partial charge in [-0.3, -0.25) is 4.79 Å². The summed E-state index contributed by atoms with van der Waals surface area (Å²) >= 11 is 4.67. The van der Waals surface area contributed by atoms with Crippen LogP contribution in [0.5, 0.6) is 5.75 Å². The molecule has 0 saturated carbocycles. The van der Waals surface area contributed by atoms with Crippen molar-refractivity contribution < 1.29 is 27.9 Å². The summed E-state index contributed by atoms with van der Waals surface area (Å²) in [5.41, 5.74) is -3.22. The van der Waals surface area contributed by atoms with Gasteiger partial charge in [-0.2, -0.15) is 0 Å². The molecule has 122 valence electrons. The number of rotatable bonds is 6. The highest BCUT2D eigenvalue weighted by atomic mass is 35.5. The van der Waals surface area contributed by atoms with Crippen molar-refractivity contribution >= 4 is 23.2 Å². The number of morpholine rings is 1. The van der Waals surface area contributed by atoms with E-state index >= 15 is 0 Å². The lowest BCUT2D eigenvalue weighted by molar-refractivity contribution is -0.907. The first-order valence-electron chi connectivity index (χ1n) is 6.99. The number of hydrogen-bond acceptors (Lipinski definition) is 3. The van der Waals surface area contributed by atoms with Gasteiger partial charge in [-0.15, -0.1) is 8.78 Å². The molecule has 1 aliphatic heterocycles. The molecule has 1 aromatic rings. The van der Waals surface area contributed by atoms with E-state index in [4.69, 9.17) is 4.74 Å². The smallest absolute Gasteiger partial charge is 0.420 e. The molecule has 0 aromatic heterocycles.